The van der Waals surface area contributed by atoms with E-state index in [-0.39, 0.29) is 23.6 Å². The SMILES string of the molecule is COC(=O)c1ccc([C@H]2CC(=O)Nc3c(C(=O)O)cn(-c4ccc(OC)cc4OC)c32)cc1. The molecule has 1 aliphatic heterocycles. The molecule has 3 aromatic rings. The number of aromatic nitrogens is 1. The number of carbonyl (C=O) groups is 3. The molecule has 1 aromatic heterocycles. The number of nitrogens with one attached hydrogen (secondary N) is 1. The predicted molar refractivity (Wildman–Crippen MR) is 119 cm³/mol. The summed E-state index contributed by atoms with van der Waals surface area (Å²) < 4.78 is 17.3. The van der Waals surface area contributed by atoms with Crippen molar-refractivity contribution in [2.75, 3.05) is 26.6 Å². The summed E-state index contributed by atoms with van der Waals surface area (Å²) in [5.74, 6) is -1.34. The summed E-state index contributed by atoms with van der Waals surface area (Å²) in [5, 5.41) is 12.5. The first-order valence-electron chi connectivity index (χ1n) is 10.1. The average molecular weight is 450 g/mol. The highest BCUT2D eigenvalue weighted by molar-refractivity contribution is 6.04. The maximum absolute atomic E-state index is 12.5. The topological polar surface area (TPSA) is 116 Å². The quantitative estimate of drug-likeness (QED) is 0.553. The normalized spacial score (nSPS) is 14.8. The molecule has 0 fully saturated rings. The molecule has 2 heterocycles. The van der Waals surface area contributed by atoms with Gasteiger partial charge in [-0.1, -0.05) is 12.1 Å². The summed E-state index contributed by atoms with van der Waals surface area (Å²) in [6.45, 7) is 0. The molecule has 2 aromatic carbocycles. The van der Waals surface area contributed by atoms with E-state index in [0.717, 1.165) is 5.56 Å². The number of aromatic carboxylic acids is 1. The molecule has 1 atom stereocenters. The first kappa shape index (κ1) is 21.9. The van der Waals surface area contributed by atoms with Crippen LogP contribution in [0.3, 0.4) is 0 Å². The van der Waals surface area contributed by atoms with Crippen LogP contribution in [0.25, 0.3) is 5.69 Å². The lowest BCUT2D eigenvalue weighted by atomic mass is 9.87. The van der Waals surface area contributed by atoms with Crippen molar-refractivity contribution >= 4 is 23.5 Å². The van der Waals surface area contributed by atoms with Gasteiger partial charge in [-0.15, -0.1) is 0 Å². The minimum atomic E-state index is -1.17. The number of ether oxygens (including phenoxy) is 3. The molecule has 33 heavy (non-hydrogen) atoms. The van der Waals surface area contributed by atoms with Crippen LogP contribution in [-0.2, 0) is 9.53 Å². The van der Waals surface area contributed by atoms with Crippen LogP contribution < -0.4 is 14.8 Å². The van der Waals surface area contributed by atoms with Crippen LogP contribution in [0.4, 0.5) is 5.69 Å². The first-order valence-corrected chi connectivity index (χ1v) is 10.1. The van der Waals surface area contributed by atoms with E-state index < -0.39 is 17.9 Å². The van der Waals surface area contributed by atoms with Crippen molar-refractivity contribution in [1.82, 2.24) is 4.57 Å². The standard InChI is InChI=1S/C24H22N2O7/c1-31-15-8-9-18(19(10-15)32-2)26-12-17(23(28)29)21-22(26)16(11-20(27)25-21)13-4-6-14(7-5-13)24(30)33-3/h4-10,12,16H,11H2,1-3H3,(H,25,27)(H,28,29)/t16-/m1/s1. The number of nitrogens with zero attached hydrogens (tertiary/aromatic N) is 1. The monoisotopic (exact) mass is 450 g/mol. The van der Waals surface area contributed by atoms with E-state index >= 15 is 0 Å². The van der Waals surface area contributed by atoms with E-state index in [4.69, 9.17) is 14.2 Å². The number of esters is 1. The number of fused-ring (bicyclic) bond motifs is 1. The minimum Gasteiger partial charge on any atom is -0.497 e. The van der Waals surface area contributed by atoms with Gasteiger partial charge in [0.25, 0.3) is 0 Å². The number of benzene rings is 2. The molecule has 1 amide bonds. The smallest absolute Gasteiger partial charge is 0.339 e. The third kappa shape index (κ3) is 3.89. The number of methoxy groups -OCH3 is 3. The van der Waals surface area contributed by atoms with Crippen LogP contribution in [0.15, 0.2) is 48.7 Å². The Morgan fingerprint density at radius 2 is 1.79 bits per heavy atom. The van der Waals surface area contributed by atoms with Crippen LogP contribution in [0, 0.1) is 0 Å². The van der Waals surface area contributed by atoms with Crippen LogP contribution >= 0.6 is 0 Å². The van der Waals surface area contributed by atoms with Crippen molar-refractivity contribution in [3.63, 3.8) is 0 Å². The Hall–Kier alpha value is -4.27. The van der Waals surface area contributed by atoms with Crippen molar-refractivity contribution in [1.29, 1.82) is 0 Å². The van der Waals surface area contributed by atoms with Gasteiger partial charge in [-0.25, -0.2) is 9.59 Å². The fourth-order valence-corrected chi connectivity index (χ4v) is 4.06. The second kappa shape index (κ2) is 8.70. The van der Waals surface area contributed by atoms with Crippen molar-refractivity contribution in [3.8, 4) is 17.2 Å². The number of anilines is 1. The summed E-state index contributed by atoms with van der Waals surface area (Å²) in [6, 6.07) is 11.9. The highest BCUT2D eigenvalue weighted by Gasteiger charge is 2.35. The highest BCUT2D eigenvalue weighted by Crippen LogP contribution is 2.43. The van der Waals surface area contributed by atoms with Crippen LogP contribution in [0.1, 0.15) is 44.3 Å². The van der Waals surface area contributed by atoms with Gasteiger partial charge in [0, 0.05) is 24.6 Å². The zero-order valence-electron chi connectivity index (χ0n) is 18.2. The molecular formula is C24H22N2O7. The number of hydrogen-bond donors (Lipinski definition) is 2. The Morgan fingerprint density at radius 3 is 2.39 bits per heavy atom. The second-order valence-electron chi connectivity index (χ2n) is 7.43. The third-order valence-corrected chi connectivity index (χ3v) is 5.64. The molecule has 9 nitrogen and oxygen atoms in total. The largest absolute Gasteiger partial charge is 0.497 e. The summed E-state index contributed by atoms with van der Waals surface area (Å²) in [6.07, 6.45) is 1.57. The van der Waals surface area contributed by atoms with Gasteiger partial charge in [0.15, 0.2) is 0 Å². The van der Waals surface area contributed by atoms with E-state index in [9.17, 15) is 19.5 Å². The van der Waals surface area contributed by atoms with Crippen LogP contribution in [0.5, 0.6) is 11.5 Å². The molecule has 1 aliphatic rings. The number of carbonyl (C=O) groups excluding carboxylic acids is 2. The molecule has 170 valence electrons. The van der Waals surface area contributed by atoms with Gasteiger partial charge in [0.1, 0.15) is 17.1 Å². The average Bonchev–Trinajstić information content (AvgIpc) is 3.22. The zero-order valence-corrected chi connectivity index (χ0v) is 18.2. The lowest BCUT2D eigenvalue weighted by Gasteiger charge is -2.27. The molecule has 0 saturated heterocycles. The molecule has 0 aliphatic carbocycles. The Balaban J connectivity index is 1.92. The zero-order chi connectivity index (χ0) is 23.7. The van der Waals surface area contributed by atoms with Crippen molar-refractivity contribution < 1.29 is 33.7 Å². The van der Waals surface area contributed by atoms with Gasteiger partial charge in [-0.2, -0.15) is 0 Å². The van der Waals surface area contributed by atoms with Gasteiger partial charge in [0.05, 0.1) is 44.0 Å². The molecule has 0 unspecified atom stereocenters. The molecule has 9 heteroatoms. The lowest BCUT2D eigenvalue weighted by Crippen LogP contribution is -2.25. The maximum Gasteiger partial charge on any atom is 0.339 e. The number of carboxylic acids is 1. The highest BCUT2D eigenvalue weighted by atomic mass is 16.5. The molecule has 0 saturated carbocycles. The van der Waals surface area contributed by atoms with Gasteiger partial charge in [0.2, 0.25) is 5.91 Å². The Kier molecular flexibility index (Phi) is 5.78. The fourth-order valence-electron chi connectivity index (χ4n) is 4.06. The number of rotatable bonds is 6. The molecule has 0 spiro atoms. The molecule has 2 N–H and O–H groups in total. The maximum atomic E-state index is 12.5. The summed E-state index contributed by atoms with van der Waals surface area (Å²) >= 11 is 0. The summed E-state index contributed by atoms with van der Waals surface area (Å²) in [4.78, 5) is 36.3. The van der Waals surface area contributed by atoms with Gasteiger partial charge < -0.3 is 29.2 Å². The van der Waals surface area contributed by atoms with Gasteiger partial charge >= 0.3 is 11.9 Å². The second-order valence-corrected chi connectivity index (χ2v) is 7.43. The lowest BCUT2D eigenvalue weighted by molar-refractivity contribution is -0.116. The Bertz CT molecular complexity index is 1240. The van der Waals surface area contributed by atoms with Crippen LogP contribution in [-0.4, -0.2) is 48.8 Å². The van der Waals surface area contributed by atoms with E-state index in [1.807, 2.05) is 0 Å². The van der Waals surface area contributed by atoms with Crippen molar-refractivity contribution in [3.05, 3.63) is 71.0 Å². The first-order chi connectivity index (χ1) is 15.9. The van der Waals surface area contributed by atoms with Gasteiger partial charge in [-0.05, 0) is 29.8 Å². The fraction of sp³-hybridized carbons (Fsp3) is 0.208. The molecule has 0 radical (unpaired) electrons. The number of carboxylic acid groups (broad SMARTS) is 1. The summed E-state index contributed by atoms with van der Waals surface area (Å²) in [7, 11) is 4.35. The Morgan fingerprint density at radius 1 is 1.06 bits per heavy atom. The summed E-state index contributed by atoms with van der Waals surface area (Å²) in [5.41, 5.74) is 2.52. The Labute approximate surface area is 189 Å². The van der Waals surface area contributed by atoms with Crippen molar-refractivity contribution in [2.45, 2.75) is 12.3 Å². The molecular weight excluding hydrogens is 428 g/mol. The minimum absolute atomic E-state index is 0.0351. The van der Waals surface area contributed by atoms with Gasteiger partial charge in [-0.3, -0.25) is 4.79 Å². The molecule has 4 rings (SSSR count). The number of amides is 1. The molecule has 0 bridgehead atoms. The van der Waals surface area contributed by atoms with E-state index in [0.29, 0.717) is 28.4 Å². The number of hydrogen-bond acceptors (Lipinski definition) is 6. The van der Waals surface area contributed by atoms with E-state index in [1.54, 1.807) is 47.0 Å². The van der Waals surface area contributed by atoms with E-state index in [1.165, 1.54) is 27.5 Å². The van der Waals surface area contributed by atoms with E-state index in [2.05, 4.69) is 5.32 Å². The predicted octanol–water partition coefficient (Wildman–Crippen LogP) is 3.45. The third-order valence-electron chi connectivity index (χ3n) is 5.64. The van der Waals surface area contributed by atoms with Crippen molar-refractivity contribution in [2.24, 2.45) is 0 Å². The van der Waals surface area contributed by atoms with Crippen LogP contribution in [0.2, 0.25) is 0 Å².